The van der Waals surface area contributed by atoms with Gasteiger partial charge >= 0.3 is 0 Å². The number of nitrogens with zero attached hydrogens (tertiary/aromatic N) is 2. The molecule has 2 nitrogen and oxygen atoms in total. The summed E-state index contributed by atoms with van der Waals surface area (Å²) in [6.07, 6.45) is 8.53. The molecular formula is C66H50N2. The van der Waals surface area contributed by atoms with E-state index in [9.17, 15) is 0 Å². The summed E-state index contributed by atoms with van der Waals surface area (Å²) in [6, 6.07) is 81.9. The van der Waals surface area contributed by atoms with E-state index in [4.69, 9.17) is 4.98 Å². The summed E-state index contributed by atoms with van der Waals surface area (Å²) in [5, 5.41) is 2.57. The summed E-state index contributed by atoms with van der Waals surface area (Å²) < 4.78 is 2.45. The lowest BCUT2D eigenvalue weighted by atomic mass is 9.73. The summed E-state index contributed by atoms with van der Waals surface area (Å²) in [5.74, 6) is 0. The minimum atomic E-state index is -0.0871. The van der Waals surface area contributed by atoms with Crippen LogP contribution in [0.3, 0.4) is 0 Å². The van der Waals surface area contributed by atoms with E-state index in [2.05, 4.69) is 255 Å². The van der Waals surface area contributed by atoms with Gasteiger partial charge in [-0.1, -0.05) is 214 Å². The van der Waals surface area contributed by atoms with Gasteiger partial charge in [0.05, 0.1) is 16.7 Å². The van der Waals surface area contributed by atoms with Gasteiger partial charge < -0.3 is 4.57 Å². The van der Waals surface area contributed by atoms with Crippen molar-refractivity contribution in [2.75, 3.05) is 0 Å². The van der Waals surface area contributed by atoms with Crippen LogP contribution >= 0.6 is 0 Å². The maximum Gasteiger partial charge on any atom is 0.0709 e. The molecule has 12 rings (SSSR count). The lowest BCUT2D eigenvalue weighted by molar-refractivity contribution is 0.490. The molecule has 1 aliphatic carbocycles. The van der Waals surface area contributed by atoms with Crippen molar-refractivity contribution in [3.8, 4) is 72.6 Å². The van der Waals surface area contributed by atoms with E-state index in [0.29, 0.717) is 0 Å². The molecule has 0 radical (unpaired) electrons. The molecule has 0 N–H and O–H groups in total. The molecule has 9 aromatic carbocycles. The Morgan fingerprint density at radius 3 is 1.43 bits per heavy atom. The van der Waals surface area contributed by atoms with Crippen molar-refractivity contribution < 1.29 is 0 Å². The van der Waals surface area contributed by atoms with Gasteiger partial charge in [-0.2, -0.15) is 0 Å². The van der Waals surface area contributed by atoms with Crippen LogP contribution < -0.4 is 0 Å². The van der Waals surface area contributed by atoms with Crippen molar-refractivity contribution in [3.05, 3.63) is 253 Å². The first-order valence-corrected chi connectivity index (χ1v) is 24.0. The Morgan fingerprint density at radius 1 is 0.397 bits per heavy atom. The van der Waals surface area contributed by atoms with Crippen LogP contribution in [0.25, 0.3) is 107 Å². The second-order valence-electron chi connectivity index (χ2n) is 18.1. The molecule has 0 amide bonds. The number of para-hydroxylation sites is 2. The average molecular weight is 871 g/mol. The average Bonchev–Trinajstić information content (AvgIpc) is 3.90. The molecule has 11 aromatic rings. The number of rotatable bonds is 10. The lowest BCUT2D eigenvalue weighted by Crippen LogP contribution is -2.23. The molecule has 0 saturated heterocycles. The van der Waals surface area contributed by atoms with Crippen LogP contribution in [0.1, 0.15) is 48.9 Å². The number of fused-ring (bicyclic) bond motifs is 6. The van der Waals surface area contributed by atoms with Crippen LogP contribution in [0.4, 0.5) is 0 Å². The Labute approximate surface area is 399 Å². The number of aromatic nitrogens is 2. The zero-order chi connectivity index (χ0) is 45.6. The normalized spacial score (nSPS) is 12.7. The van der Waals surface area contributed by atoms with E-state index in [-0.39, 0.29) is 5.41 Å². The molecule has 0 aliphatic heterocycles. The van der Waals surface area contributed by atoms with Crippen molar-refractivity contribution in [1.29, 1.82) is 0 Å². The van der Waals surface area contributed by atoms with Crippen LogP contribution in [0.5, 0.6) is 0 Å². The zero-order valence-electron chi connectivity index (χ0n) is 38.4. The molecule has 1 aliphatic rings. The maximum atomic E-state index is 5.27. The molecular weight excluding hydrogens is 821 g/mol. The largest absolute Gasteiger partial charge is 0.309 e. The third kappa shape index (κ3) is 6.83. The summed E-state index contributed by atoms with van der Waals surface area (Å²) in [7, 11) is 0. The Bertz CT molecular complexity index is 3600. The quantitative estimate of drug-likeness (QED) is 0.134. The maximum absolute atomic E-state index is 5.27. The van der Waals surface area contributed by atoms with Gasteiger partial charge in [0.1, 0.15) is 0 Å². The smallest absolute Gasteiger partial charge is 0.0709 e. The fourth-order valence-corrected chi connectivity index (χ4v) is 11.2. The summed E-state index contributed by atoms with van der Waals surface area (Å²) in [4.78, 5) is 5.27. The summed E-state index contributed by atoms with van der Waals surface area (Å²) >= 11 is 0. The first-order chi connectivity index (χ1) is 33.6. The summed E-state index contributed by atoms with van der Waals surface area (Å²) in [6.45, 7) is 4.71. The van der Waals surface area contributed by atoms with E-state index < -0.39 is 0 Å². The number of pyridine rings is 1. The van der Waals surface area contributed by atoms with E-state index in [1.165, 1.54) is 94.3 Å². The van der Waals surface area contributed by atoms with Crippen LogP contribution in [0, 0.1) is 0 Å². The highest BCUT2D eigenvalue weighted by molar-refractivity contribution is 6.10. The minimum absolute atomic E-state index is 0.0871. The molecule has 324 valence electrons. The molecule has 0 spiro atoms. The van der Waals surface area contributed by atoms with E-state index in [1.54, 1.807) is 0 Å². The van der Waals surface area contributed by atoms with Gasteiger partial charge in [-0.05, 0) is 127 Å². The van der Waals surface area contributed by atoms with Gasteiger partial charge in [-0.3, -0.25) is 4.98 Å². The number of hydrogen-bond acceptors (Lipinski definition) is 1. The molecule has 2 heteroatoms. The first-order valence-electron chi connectivity index (χ1n) is 24.0. The fraction of sp³-hybridized carbons (Fsp3) is 0.0758. The molecule has 0 fully saturated rings. The lowest BCUT2D eigenvalue weighted by Gasteiger charge is -2.30. The van der Waals surface area contributed by atoms with Crippen molar-refractivity contribution >= 4 is 34.0 Å². The van der Waals surface area contributed by atoms with Gasteiger partial charge in [0.15, 0.2) is 0 Å². The number of benzene rings is 9. The van der Waals surface area contributed by atoms with Gasteiger partial charge in [0.2, 0.25) is 0 Å². The van der Waals surface area contributed by atoms with E-state index in [0.717, 1.165) is 35.2 Å². The fourth-order valence-electron chi connectivity index (χ4n) is 11.2. The highest BCUT2D eigenvalue weighted by Crippen LogP contribution is 2.54. The Morgan fingerprint density at radius 2 is 0.868 bits per heavy atom. The third-order valence-corrected chi connectivity index (χ3v) is 14.5. The van der Waals surface area contributed by atoms with Crippen LogP contribution in [0.15, 0.2) is 231 Å². The Hall–Kier alpha value is -8.33. The molecule has 0 atom stereocenters. The molecule has 0 unspecified atom stereocenters. The van der Waals surface area contributed by atoms with Crippen LogP contribution in [-0.4, -0.2) is 9.55 Å². The Balaban J connectivity index is 0.935. The predicted molar refractivity (Wildman–Crippen MR) is 288 cm³/mol. The third-order valence-electron chi connectivity index (χ3n) is 14.5. The predicted octanol–water partition coefficient (Wildman–Crippen LogP) is 17.8. The van der Waals surface area contributed by atoms with Gasteiger partial charge in [0.25, 0.3) is 0 Å². The monoisotopic (exact) mass is 870 g/mol. The van der Waals surface area contributed by atoms with Crippen molar-refractivity contribution in [3.63, 3.8) is 0 Å². The summed E-state index contributed by atoms with van der Waals surface area (Å²) in [5.41, 5.74) is 22.8. The van der Waals surface area contributed by atoms with Crippen molar-refractivity contribution in [2.24, 2.45) is 0 Å². The first kappa shape index (κ1) is 41.1. The molecule has 0 saturated carbocycles. The SMILES string of the molecule is CCC1(CC)c2cc(/C=C/c3ccc(-c4cc(-c5ccccc5)c(-c5ccccc5)c(-c5ccccc5)c4-c4ccccc4)nc3)ccc2-c2ccc(-n3c4ccccc4c4ccccc43)cc21. The van der Waals surface area contributed by atoms with E-state index in [1.807, 2.05) is 6.20 Å². The molecule has 2 heterocycles. The van der Waals surface area contributed by atoms with Gasteiger partial charge in [0, 0.05) is 33.6 Å². The van der Waals surface area contributed by atoms with Gasteiger partial charge in [-0.15, -0.1) is 0 Å². The minimum Gasteiger partial charge on any atom is -0.309 e. The van der Waals surface area contributed by atoms with Crippen molar-refractivity contribution in [2.45, 2.75) is 32.1 Å². The zero-order valence-corrected chi connectivity index (χ0v) is 38.4. The second-order valence-corrected chi connectivity index (χ2v) is 18.1. The highest BCUT2D eigenvalue weighted by atomic mass is 15.0. The molecule has 0 bridgehead atoms. The topological polar surface area (TPSA) is 17.8 Å². The standard InChI is InChI=1S/C66H50N2/c1-3-66(4-2)58-41-45(35-38-52(58)53-39-37-51(42-59(53)66)68-61-31-19-17-29-54(61)55-30-18-20-32-62(55)68)33-34-46-36-40-60(67-44-46)57-43-56(47-21-9-5-10-22-47)63(48-23-11-6-12-24-48)65(50-27-15-8-16-28-50)64(57)49-25-13-7-14-26-49/h5-44H,3-4H2,1-2H3/b34-33+. The van der Waals surface area contributed by atoms with Crippen molar-refractivity contribution in [1.82, 2.24) is 9.55 Å². The molecule has 68 heavy (non-hydrogen) atoms. The second kappa shape index (κ2) is 17.1. The van der Waals surface area contributed by atoms with Crippen LogP contribution in [0.2, 0.25) is 0 Å². The highest BCUT2D eigenvalue weighted by Gasteiger charge is 2.41. The molecule has 2 aromatic heterocycles. The van der Waals surface area contributed by atoms with E-state index >= 15 is 0 Å². The van der Waals surface area contributed by atoms with Crippen LogP contribution in [-0.2, 0) is 5.41 Å². The Kier molecular flexibility index (Phi) is 10.4. The van der Waals surface area contributed by atoms with Gasteiger partial charge in [-0.25, -0.2) is 0 Å². The number of hydrogen-bond donors (Lipinski definition) is 0.